The molecule has 2 aromatic carbocycles. The molecule has 0 spiro atoms. The summed E-state index contributed by atoms with van der Waals surface area (Å²) in [5, 5.41) is 34.8. The summed E-state index contributed by atoms with van der Waals surface area (Å²) in [6.07, 6.45) is -6.49. The fourth-order valence-electron chi connectivity index (χ4n) is 4.72. The van der Waals surface area contributed by atoms with Gasteiger partial charge in [-0.2, -0.15) is 0 Å². The second-order valence-corrected chi connectivity index (χ2v) is 12.7. The number of primary amides is 1. The minimum Gasteiger partial charge on any atom is -0.444 e. The number of amides is 3. The molecule has 44 heavy (non-hydrogen) atoms. The molecule has 0 radical (unpaired) electrons. The summed E-state index contributed by atoms with van der Waals surface area (Å²) < 4.78 is 11.0. The first kappa shape index (κ1) is 36.5. The zero-order chi connectivity index (χ0) is 33.3. The third-order valence-electron chi connectivity index (χ3n) is 7.18. The van der Waals surface area contributed by atoms with E-state index in [0.717, 1.165) is 10.5 Å². The Morgan fingerprint density at radius 1 is 0.932 bits per heavy atom. The average Bonchev–Trinajstić information content (AvgIpc) is 2.93. The van der Waals surface area contributed by atoms with E-state index < -0.39 is 65.9 Å². The van der Waals surface area contributed by atoms with Gasteiger partial charge in [0.05, 0.1) is 12.7 Å². The van der Waals surface area contributed by atoms with Crippen molar-refractivity contribution in [1.82, 2.24) is 10.2 Å². The number of aryl methyl sites for hydroxylation is 1. The molecule has 244 valence electrons. The molecule has 3 amide bonds. The zero-order valence-corrected chi connectivity index (χ0v) is 26.4. The number of hydrogen-bond acceptors (Lipinski definition) is 9. The molecule has 0 bridgehead atoms. The Hall–Kier alpha value is -3.71. The quantitative estimate of drug-likeness (QED) is 0.173. The molecule has 2 rings (SSSR count). The molecule has 12 heteroatoms. The van der Waals surface area contributed by atoms with Crippen molar-refractivity contribution in [2.45, 2.75) is 96.5 Å². The van der Waals surface area contributed by atoms with Crippen LogP contribution in [0.25, 0.3) is 0 Å². The fraction of sp³-hybridized carbons (Fsp3) is 0.531. The van der Waals surface area contributed by atoms with Crippen LogP contribution in [0.1, 0.15) is 59.1 Å². The summed E-state index contributed by atoms with van der Waals surface area (Å²) in [5.74, 6) is -1.02. The predicted octanol–water partition coefficient (Wildman–Crippen LogP) is 2.42. The minimum atomic E-state index is -2.00. The van der Waals surface area contributed by atoms with Crippen LogP contribution in [0.15, 0.2) is 60.7 Å². The number of benzene rings is 2. The molecule has 0 aromatic heterocycles. The average molecular weight is 617 g/mol. The summed E-state index contributed by atoms with van der Waals surface area (Å²) in [6.45, 7) is 8.68. The Balaban J connectivity index is 2.58. The van der Waals surface area contributed by atoms with E-state index in [1.165, 1.54) is 20.8 Å². The summed E-state index contributed by atoms with van der Waals surface area (Å²) >= 11 is 0. The van der Waals surface area contributed by atoms with Crippen molar-refractivity contribution >= 4 is 18.1 Å². The van der Waals surface area contributed by atoms with Crippen LogP contribution in [0.3, 0.4) is 0 Å². The Kier molecular flexibility index (Phi) is 12.7. The second-order valence-electron chi connectivity index (χ2n) is 12.7. The maximum Gasteiger partial charge on any atom is 0.414 e. The van der Waals surface area contributed by atoms with E-state index in [0.29, 0.717) is 12.0 Å². The van der Waals surface area contributed by atoms with Gasteiger partial charge in [0.25, 0.3) is 0 Å². The first-order chi connectivity index (χ1) is 20.4. The lowest BCUT2D eigenvalue weighted by Gasteiger charge is -2.49. The van der Waals surface area contributed by atoms with Crippen molar-refractivity contribution in [3.05, 3.63) is 71.8 Å². The Morgan fingerprint density at radius 3 is 1.91 bits per heavy atom. The van der Waals surface area contributed by atoms with Crippen LogP contribution >= 0.6 is 0 Å². The molecule has 0 aliphatic rings. The van der Waals surface area contributed by atoms with Gasteiger partial charge in [0.2, 0.25) is 12.1 Å². The van der Waals surface area contributed by atoms with Crippen LogP contribution in [0.5, 0.6) is 0 Å². The number of hydrogen-bond donors (Lipinski definition) is 6. The van der Waals surface area contributed by atoms with Crippen LogP contribution in [-0.2, 0) is 27.1 Å². The highest BCUT2D eigenvalue weighted by atomic mass is 16.6. The lowest BCUT2D eigenvalue weighted by atomic mass is 9.80. The number of nitrogens with zero attached hydrogens (tertiary/aromatic N) is 1. The van der Waals surface area contributed by atoms with Crippen molar-refractivity contribution in [3.8, 4) is 0 Å². The lowest BCUT2D eigenvalue weighted by Crippen LogP contribution is -2.73. The highest BCUT2D eigenvalue weighted by Crippen LogP contribution is 2.33. The van der Waals surface area contributed by atoms with Gasteiger partial charge < -0.3 is 36.3 Å². The van der Waals surface area contributed by atoms with E-state index in [1.807, 2.05) is 30.3 Å². The number of carbonyl (C=O) groups is 3. The minimum absolute atomic E-state index is 0.0628. The molecular formula is C32H48N4O8. The molecule has 0 heterocycles. The lowest BCUT2D eigenvalue weighted by molar-refractivity contribution is -0.138. The summed E-state index contributed by atoms with van der Waals surface area (Å²) in [7, 11) is 0. The number of aliphatic hydroxyl groups excluding tert-OH is 3. The summed E-state index contributed by atoms with van der Waals surface area (Å²) in [6, 6.07) is 16.4. The molecule has 0 saturated carbocycles. The highest BCUT2D eigenvalue weighted by molar-refractivity contribution is 5.86. The van der Waals surface area contributed by atoms with E-state index in [9.17, 15) is 29.7 Å². The summed E-state index contributed by atoms with van der Waals surface area (Å²) in [4.78, 5) is 40.7. The number of ether oxygens (including phenoxy) is 2. The number of aliphatic hydroxyl groups is 3. The topological polar surface area (TPSA) is 198 Å². The number of nitrogens with two attached hydrogens (primary N) is 2. The molecule has 5 atom stereocenters. The molecule has 12 nitrogen and oxygen atoms in total. The van der Waals surface area contributed by atoms with Gasteiger partial charge in [-0.3, -0.25) is 15.0 Å². The summed E-state index contributed by atoms with van der Waals surface area (Å²) in [5.41, 5.74) is 9.84. The maximum atomic E-state index is 14.2. The van der Waals surface area contributed by atoms with Gasteiger partial charge >= 0.3 is 12.2 Å². The van der Waals surface area contributed by atoms with Crippen molar-refractivity contribution in [2.75, 3.05) is 6.61 Å². The molecule has 2 aromatic rings. The molecule has 8 N–H and O–H groups in total. The molecule has 0 fully saturated rings. The third kappa shape index (κ3) is 10.2. The number of alkyl carbamates (subject to hydrolysis) is 1. The smallest absolute Gasteiger partial charge is 0.414 e. The van der Waals surface area contributed by atoms with Crippen LogP contribution in [-0.4, -0.2) is 80.7 Å². The van der Waals surface area contributed by atoms with E-state index in [4.69, 9.17) is 20.9 Å². The van der Waals surface area contributed by atoms with Crippen molar-refractivity contribution < 1.29 is 39.2 Å². The van der Waals surface area contributed by atoms with Gasteiger partial charge in [-0.15, -0.1) is 0 Å². The van der Waals surface area contributed by atoms with Gasteiger partial charge in [0.1, 0.15) is 23.4 Å². The van der Waals surface area contributed by atoms with Crippen molar-refractivity contribution in [2.24, 2.45) is 16.9 Å². The Bertz CT molecular complexity index is 1220. The van der Waals surface area contributed by atoms with Crippen LogP contribution in [0.4, 0.5) is 9.59 Å². The molecule has 0 aliphatic heterocycles. The second kappa shape index (κ2) is 15.3. The largest absolute Gasteiger partial charge is 0.444 e. The zero-order valence-electron chi connectivity index (χ0n) is 26.4. The number of rotatable bonds is 14. The fourth-order valence-corrected chi connectivity index (χ4v) is 4.72. The van der Waals surface area contributed by atoms with E-state index >= 15 is 0 Å². The van der Waals surface area contributed by atoms with E-state index in [-0.39, 0.29) is 12.8 Å². The number of carbonyl (C=O) groups excluding carboxylic acids is 3. The van der Waals surface area contributed by atoms with Gasteiger partial charge in [0, 0.05) is 11.8 Å². The first-order valence-electron chi connectivity index (χ1n) is 14.5. The van der Waals surface area contributed by atoms with Crippen molar-refractivity contribution in [1.29, 1.82) is 0 Å². The van der Waals surface area contributed by atoms with Gasteiger partial charge in [-0.05, 0) is 51.7 Å². The molecular weight excluding hydrogens is 568 g/mol. The Labute approximate surface area is 259 Å². The van der Waals surface area contributed by atoms with Crippen LogP contribution in [0.2, 0.25) is 0 Å². The third-order valence-corrected chi connectivity index (χ3v) is 7.18. The number of nitrogens with one attached hydrogen (secondary N) is 1. The molecule has 0 saturated heterocycles. The normalized spacial score (nSPS) is 16.0. The van der Waals surface area contributed by atoms with Gasteiger partial charge in [0.15, 0.2) is 0 Å². The van der Waals surface area contributed by atoms with Crippen molar-refractivity contribution in [3.63, 3.8) is 0 Å². The SMILES string of the molecule is CC(O)C(N)(Cc1ccccc1)N(C(=O)OC(NC(=O)OC(C)(C)C)C(O)CCc1ccccc1)C(C(N)=O)C(C)(C)CO. The standard InChI is InChI=1S/C32H48N4O8/c1-21(38)32(34,19-23-15-11-8-12-16-23)36(25(26(33)40)31(5,6)20-37)29(42)43-27(35-28(41)44-30(2,3)4)24(39)18-17-22-13-9-7-10-14-22/h7-16,21,24-25,27,37-39H,17-20,34H2,1-6H3,(H2,33,40)(H,35,41). The molecule has 0 aliphatic carbocycles. The van der Waals surface area contributed by atoms with Gasteiger partial charge in [-0.25, -0.2) is 9.59 Å². The highest BCUT2D eigenvalue weighted by Gasteiger charge is 2.52. The van der Waals surface area contributed by atoms with E-state index in [1.54, 1.807) is 51.1 Å². The maximum absolute atomic E-state index is 14.2. The van der Waals surface area contributed by atoms with E-state index in [2.05, 4.69) is 5.32 Å². The molecule has 5 unspecified atom stereocenters. The van der Waals surface area contributed by atoms with Gasteiger partial charge in [-0.1, -0.05) is 74.5 Å². The van der Waals surface area contributed by atoms with Crippen LogP contribution in [0, 0.1) is 5.41 Å². The monoisotopic (exact) mass is 616 g/mol. The first-order valence-corrected chi connectivity index (χ1v) is 14.5. The predicted molar refractivity (Wildman–Crippen MR) is 165 cm³/mol. The van der Waals surface area contributed by atoms with Crippen LogP contribution < -0.4 is 16.8 Å². The Morgan fingerprint density at radius 2 is 1.45 bits per heavy atom.